The molecule has 1 fully saturated rings. The number of hydroxylamine groups is 1. The zero-order chi connectivity index (χ0) is 36.7. The summed E-state index contributed by atoms with van der Waals surface area (Å²) in [5.74, 6) is -1.69. The number of aliphatic hydroxyl groups is 1. The molecule has 15 heteroatoms. The van der Waals surface area contributed by atoms with Gasteiger partial charge in [0.15, 0.2) is 11.5 Å². The standard InChI is InChI=1S/C23H27F3N4O3.C11H21NO4/c1-22(2)10-17-19(18(32)11-22)20(23(24,25)26)29-30(17)13-5-8-15(21(27)33)16(9-13)28-12-3-6-14(31)7-4-12;1-5-6-7-8-9(13)16-12-10(14)15-11(2,3)4/h5,8-9,12,14,28,31H,3-4,6-7,10-11H2,1-2H3,(H2,27,33);5-8H2,1-4H3,(H,12,14). The first-order valence-corrected chi connectivity index (χ1v) is 16.5. The number of hydrogen-bond donors (Lipinski definition) is 4. The summed E-state index contributed by atoms with van der Waals surface area (Å²) < 4.78 is 47.3. The summed E-state index contributed by atoms with van der Waals surface area (Å²) in [4.78, 5) is 51.4. The van der Waals surface area contributed by atoms with Crippen molar-refractivity contribution in [3.8, 4) is 5.69 Å². The third-order valence-electron chi connectivity index (χ3n) is 8.01. The summed E-state index contributed by atoms with van der Waals surface area (Å²) in [5, 5.41) is 16.8. The Morgan fingerprint density at radius 1 is 1.08 bits per heavy atom. The Kier molecular flexibility index (Phi) is 12.9. The first-order valence-electron chi connectivity index (χ1n) is 16.5. The lowest BCUT2D eigenvalue weighted by molar-refractivity contribution is -0.150. The second-order valence-electron chi connectivity index (χ2n) is 14.3. The second kappa shape index (κ2) is 16.0. The quantitative estimate of drug-likeness (QED) is 0.180. The highest BCUT2D eigenvalue weighted by Gasteiger charge is 2.45. The van der Waals surface area contributed by atoms with Gasteiger partial charge < -0.3 is 25.7 Å². The van der Waals surface area contributed by atoms with Crippen molar-refractivity contribution in [3.05, 3.63) is 40.7 Å². The number of ketones is 1. The summed E-state index contributed by atoms with van der Waals surface area (Å²) >= 11 is 0. The summed E-state index contributed by atoms with van der Waals surface area (Å²) in [6.45, 7) is 10.9. The second-order valence-corrected chi connectivity index (χ2v) is 14.3. The number of hydrogen-bond acceptors (Lipinski definition) is 9. The van der Waals surface area contributed by atoms with Crippen LogP contribution in [0.3, 0.4) is 0 Å². The highest BCUT2D eigenvalue weighted by atomic mass is 19.4. The Labute approximate surface area is 284 Å². The zero-order valence-corrected chi connectivity index (χ0v) is 29.0. The molecule has 49 heavy (non-hydrogen) atoms. The third kappa shape index (κ3) is 11.5. The van der Waals surface area contributed by atoms with Gasteiger partial charge >= 0.3 is 18.2 Å². The molecule has 1 heterocycles. The molecular weight excluding hydrogens is 647 g/mol. The molecule has 1 aromatic heterocycles. The number of ether oxygens (including phenoxy) is 1. The van der Waals surface area contributed by atoms with Crippen LogP contribution in [0.2, 0.25) is 0 Å². The smallest absolute Gasteiger partial charge is 0.441 e. The van der Waals surface area contributed by atoms with Gasteiger partial charge in [0.2, 0.25) is 0 Å². The fraction of sp³-hybridized carbons (Fsp3) is 0.618. The molecule has 2 aromatic rings. The van der Waals surface area contributed by atoms with Crippen molar-refractivity contribution in [3.63, 3.8) is 0 Å². The Bertz CT molecular complexity index is 1510. The van der Waals surface area contributed by atoms with E-state index < -0.39 is 46.6 Å². The molecule has 4 rings (SSSR count). The molecule has 1 saturated carbocycles. The lowest BCUT2D eigenvalue weighted by Gasteiger charge is -2.29. The highest BCUT2D eigenvalue weighted by Crippen LogP contribution is 2.42. The number of Topliss-reactive ketones (excluding diaryl/α,β-unsaturated/α-hetero) is 1. The maximum atomic E-state index is 13.7. The first kappa shape index (κ1) is 39.3. The van der Waals surface area contributed by atoms with Crippen LogP contribution in [0.25, 0.3) is 5.69 Å². The fourth-order valence-corrected chi connectivity index (χ4v) is 5.77. The fourth-order valence-electron chi connectivity index (χ4n) is 5.77. The number of anilines is 1. The van der Waals surface area contributed by atoms with Crippen LogP contribution >= 0.6 is 0 Å². The van der Waals surface area contributed by atoms with Crippen molar-refractivity contribution >= 4 is 29.4 Å². The number of halogens is 3. The van der Waals surface area contributed by atoms with E-state index in [2.05, 4.69) is 15.3 Å². The largest absolute Gasteiger partial charge is 0.442 e. The predicted molar refractivity (Wildman–Crippen MR) is 175 cm³/mol. The average Bonchev–Trinajstić information content (AvgIpc) is 3.36. The average molecular weight is 696 g/mol. The molecule has 2 amide bonds. The molecule has 272 valence electrons. The Morgan fingerprint density at radius 3 is 2.31 bits per heavy atom. The van der Waals surface area contributed by atoms with E-state index >= 15 is 0 Å². The lowest BCUT2D eigenvalue weighted by Crippen LogP contribution is -2.34. The Balaban J connectivity index is 0.000000345. The van der Waals surface area contributed by atoms with Gasteiger partial charge in [-0.3, -0.25) is 9.59 Å². The van der Waals surface area contributed by atoms with Crippen LogP contribution < -0.4 is 16.5 Å². The number of fused-ring (bicyclic) bond motifs is 1. The van der Waals surface area contributed by atoms with Crippen LogP contribution in [-0.2, 0) is 27.0 Å². The van der Waals surface area contributed by atoms with Crippen LogP contribution in [0.15, 0.2) is 18.2 Å². The summed E-state index contributed by atoms with van der Waals surface area (Å²) in [6.07, 6.45) is 0.0485. The molecule has 0 unspecified atom stereocenters. The van der Waals surface area contributed by atoms with Crippen molar-refractivity contribution < 1.29 is 47.0 Å². The van der Waals surface area contributed by atoms with Gasteiger partial charge in [-0.1, -0.05) is 33.6 Å². The van der Waals surface area contributed by atoms with Crippen LogP contribution in [0.1, 0.15) is 131 Å². The van der Waals surface area contributed by atoms with Gasteiger partial charge in [-0.05, 0) is 82.9 Å². The number of amides is 2. The molecule has 0 atom stereocenters. The van der Waals surface area contributed by atoms with Crippen molar-refractivity contribution in [1.82, 2.24) is 15.3 Å². The van der Waals surface area contributed by atoms with Gasteiger partial charge in [-0.15, -0.1) is 5.48 Å². The van der Waals surface area contributed by atoms with Crippen LogP contribution in [0.5, 0.6) is 0 Å². The first-order chi connectivity index (χ1) is 22.7. The monoisotopic (exact) mass is 695 g/mol. The van der Waals surface area contributed by atoms with Crippen molar-refractivity contribution in [1.29, 1.82) is 0 Å². The lowest BCUT2D eigenvalue weighted by atomic mass is 9.75. The molecular formula is C34H48F3N5O7. The predicted octanol–water partition coefficient (Wildman–Crippen LogP) is 6.41. The van der Waals surface area contributed by atoms with E-state index in [1.54, 1.807) is 26.8 Å². The molecule has 0 saturated heterocycles. The molecule has 12 nitrogen and oxygen atoms in total. The van der Waals surface area contributed by atoms with Gasteiger partial charge in [0.05, 0.1) is 28.6 Å². The third-order valence-corrected chi connectivity index (χ3v) is 8.01. The van der Waals surface area contributed by atoms with E-state index in [0.29, 0.717) is 43.5 Å². The number of nitrogens with two attached hydrogens (primary N) is 1. The number of carbonyl (C=O) groups is 4. The Hall–Kier alpha value is -4.14. The normalized spacial score (nSPS) is 18.8. The van der Waals surface area contributed by atoms with E-state index in [4.69, 9.17) is 10.5 Å². The number of aliphatic hydroxyl groups excluding tert-OH is 1. The summed E-state index contributed by atoms with van der Waals surface area (Å²) in [5.41, 5.74) is 5.91. The minimum Gasteiger partial charge on any atom is -0.442 e. The number of unbranched alkanes of at least 4 members (excludes halogenated alkanes) is 2. The van der Waals surface area contributed by atoms with E-state index in [1.165, 1.54) is 12.1 Å². The van der Waals surface area contributed by atoms with E-state index in [9.17, 15) is 37.5 Å². The molecule has 0 radical (unpaired) electrons. The van der Waals surface area contributed by atoms with Gasteiger partial charge in [-0.2, -0.15) is 18.3 Å². The SMILES string of the molecule is CC1(C)CC(=O)c2c(C(F)(F)F)nn(-c3ccc(C(N)=O)c(NC4CCC(O)CC4)c3)c2C1.CCCCCC(=O)ONC(=O)OC(C)(C)C. The molecule has 1 aromatic carbocycles. The topological polar surface area (TPSA) is 175 Å². The molecule has 0 spiro atoms. The van der Waals surface area contributed by atoms with E-state index in [1.807, 2.05) is 26.3 Å². The summed E-state index contributed by atoms with van der Waals surface area (Å²) in [6, 6.07) is 4.47. The minimum absolute atomic E-state index is 0.00965. The van der Waals surface area contributed by atoms with Crippen LogP contribution in [0, 0.1) is 5.41 Å². The Morgan fingerprint density at radius 2 is 1.73 bits per heavy atom. The molecule has 2 aliphatic carbocycles. The molecule has 0 aliphatic heterocycles. The minimum atomic E-state index is -4.77. The number of nitrogens with one attached hydrogen (secondary N) is 2. The number of aromatic nitrogens is 2. The number of alkyl halides is 3. The van der Waals surface area contributed by atoms with E-state index in [-0.39, 0.29) is 41.8 Å². The van der Waals surface area contributed by atoms with Gasteiger partial charge in [0.25, 0.3) is 5.91 Å². The maximum Gasteiger partial charge on any atom is 0.441 e. The molecule has 5 N–H and O–H groups in total. The van der Waals surface area contributed by atoms with Crippen molar-refractivity contribution in [2.24, 2.45) is 11.1 Å². The maximum absolute atomic E-state index is 13.7. The van der Waals surface area contributed by atoms with Gasteiger partial charge in [-0.25, -0.2) is 14.3 Å². The number of benzene rings is 1. The highest BCUT2D eigenvalue weighted by molar-refractivity contribution is 6.00. The van der Waals surface area contributed by atoms with Crippen molar-refractivity contribution in [2.45, 2.75) is 130 Å². The molecule has 2 aliphatic rings. The number of rotatable bonds is 8. The number of carbonyl (C=O) groups excluding carboxylic acids is 4. The van der Waals surface area contributed by atoms with Crippen LogP contribution in [-0.4, -0.2) is 56.4 Å². The van der Waals surface area contributed by atoms with Crippen LogP contribution in [0.4, 0.5) is 23.7 Å². The van der Waals surface area contributed by atoms with Gasteiger partial charge in [0.1, 0.15) is 5.60 Å². The molecule has 0 bridgehead atoms. The van der Waals surface area contributed by atoms with Gasteiger partial charge in [0, 0.05) is 24.6 Å². The zero-order valence-electron chi connectivity index (χ0n) is 29.0. The van der Waals surface area contributed by atoms with Crippen molar-refractivity contribution in [2.75, 3.05) is 5.32 Å². The number of nitrogens with zero attached hydrogens (tertiary/aromatic N) is 2. The van der Waals surface area contributed by atoms with E-state index in [0.717, 1.165) is 23.9 Å². The number of primary amides is 1. The summed E-state index contributed by atoms with van der Waals surface area (Å²) in [7, 11) is 0.